The summed E-state index contributed by atoms with van der Waals surface area (Å²) in [5.41, 5.74) is 1.44. The molecule has 1 aromatic heterocycles. The third-order valence-electron chi connectivity index (χ3n) is 4.26. The van der Waals surface area contributed by atoms with Crippen LogP contribution in [0.3, 0.4) is 0 Å². The van der Waals surface area contributed by atoms with Crippen LogP contribution in [0.1, 0.15) is 30.1 Å². The molecule has 0 atom stereocenters. The molecular weight excluding hydrogens is 372 g/mol. The van der Waals surface area contributed by atoms with Gasteiger partial charge in [-0.25, -0.2) is 0 Å². The normalized spacial score (nSPS) is 11.6. The maximum Gasteiger partial charge on any atom is 0.279 e. The summed E-state index contributed by atoms with van der Waals surface area (Å²) in [7, 11) is 1.64. The summed E-state index contributed by atoms with van der Waals surface area (Å²) in [5, 5.41) is 0. The lowest BCUT2D eigenvalue weighted by atomic mass is 10.2. The molecule has 6 heteroatoms. The fourth-order valence-electron chi connectivity index (χ4n) is 2.83. The minimum atomic E-state index is -0.288. The van der Waals surface area contributed by atoms with Gasteiger partial charge in [0.1, 0.15) is 17.0 Å². The molecular formula is C22H24N2O3S. The summed E-state index contributed by atoms with van der Waals surface area (Å²) >= 11 is 1.46. The predicted molar refractivity (Wildman–Crippen MR) is 113 cm³/mol. The molecule has 0 saturated carbocycles. The lowest BCUT2D eigenvalue weighted by Crippen LogP contribution is -2.16. The van der Waals surface area contributed by atoms with Gasteiger partial charge in [0.2, 0.25) is 0 Å². The molecule has 0 spiro atoms. The zero-order valence-electron chi connectivity index (χ0n) is 16.2. The predicted octanol–water partition coefficient (Wildman–Crippen LogP) is 4.82. The van der Waals surface area contributed by atoms with Crippen molar-refractivity contribution >= 4 is 27.5 Å². The van der Waals surface area contributed by atoms with E-state index in [1.807, 2.05) is 34.9 Å². The van der Waals surface area contributed by atoms with Crippen molar-refractivity contribution in [2.75, 3.05) is 13.7 Å². The highest BCUT2D eigenvalue weighted by Gasteiger charge is 2.12. The van der Waals surface area contributed by atoms with Gasteiger partial charge in [-0.2, -0.15) is 4.99 Å². The standard InChI is InChI=1S/C22H24N2O3S/c1-4-6-15-27-17-12-10-16(11-13-17)21(25)23-22-24(14-5-2)20-18(26-3)8-7-9-19(20)28-22/h5,7-13H,2,4,6,14-15H2,1,3H3. The van der Waals surface area contributed by atoms with Gasteiger partial charge in [-0.3, -0.25) is 4.79 Å². The van der Waals surface area contributed by atoms with Gasteiger partial charge in [0, 0.05) is 12.1 Å². The van der Waals surface area contributed by atoms with Crippen LogP contribution in [0.4, 0.5) is 0 Å². The molecule has 28 heavy (non-hydrogen) atoms. The lowest BCUT2D eigenvalue weighted by Gasteiger charge is -2.06. The Balaban J connectivity index is 1.94. The smallest absolute Gasteiger partial charge is 0.279 e. The zero-order chi connectivity index (χ0) is 19.9. The number of rotatable bonds is 8. The Morgan fingerprint density at radius 1 is 1.25 bits per heavy atom. The largest absolute Gasteiger partial charge is 0.495 e. The highest BCUT2D eigenvalue weighted by Crippen LogP contribution is 2.27. The Bertz CT molecular complexity index is 1030. The summed E-state index contributed by atoms with van der Waals surface area (Å²) in [6.07, 6.45) is 3.87. The van der Waals surface area contributed by atoms with Gasteiger partial charge < -0.3 is 14.0 Å². The number of methoxy groups -OCH3 is 1. The van der Waals surface area contributed by atoms with Crippen molar-refractivity contribution in [3.63, 3.8) is 0 Å². The van der Waals surface area contributed by atoms with E-state index in [0.717, 1.165) is 34.6 Å². The fourth-order valence-corrected chi connectivity index (χ4v) is 3.88. The highest BCUT2D eigenvalue weighted by atomic mass is 32.1. The molecule has 1 heterocycles. The molecule has 3 rings (SSSR count). The van der Waals surface area contributed by atoms with Crippen LogP contribution in [0, 0.1) is 0 Å². The molecule has 0 radical (unpaired) electrons. The van der Waals surface area contributed by atoms with E-state index in [1.54, 1.807) is 25.3 Å². The van der Waals surface area contributed by atoms with Crippen LogP contribution in [0.2, 0.25) is 0 Å². The molecule has 0 fully saturated rings. The van der Waals surface area contributed by atoms with Crippen LogP contribution in [-0.2, 0) is 6.54 Å². The first kappa shape index (κ1) is 19.9. The van der Waals surface area contributed by atoms with E-state index in [9.17, 15) is 4.79 Å². The molecule has 0 N–H and O–H groups in total. The number of hydrogen-bond donors (Lipinski definition) is 0. The van der Waals surface area contributed by atoms with E-state index in [0.29, 0.717) is 23.5 Å². The molecule has 3 aromatic rings. The highest BCUT2D eigenvalue weighted by molar-refractivity contribution is 7.16. The number of aromatic nitrogens is 1. The van der Waals surface area contributed by atoms with Crippen molar-refractivity contribution in [2.45, 2.75) is 26.3 Å². The van der Waals surface area contributed by atoms with Crippen molar-refractivity contribution in [1.82, 2.24) is 4.57 Å². The number of allylic oxidation sites excluding steroid dienone is 1. The van der Waals surface area contributed by atoms with Crippen LogP contribution in [0.5, 0.6) is 11.5 Å². The van der Waals surface area contributed by atoms with Gasteiger partial charge in [0.15, 0.2) is 4.80 Å². The number of carbonyl (C=O) groups excluding carboxylic acids is 1. The van der Waals surface area contributed by atoms with Crippen LogP contribution in [-0.4, -0.2) is 24.2 Å². The lowest BCUT2D eigenvalue weighted by molar-refractivity contribution is 0.0998. The number of benzene rings is 2. The summed E-state index contributed by atoms with van der Waals surface area (Å²) in [4.78, 5) is 17.7. The molecule has 0 saturated heterocycles. The van der Waals surface area contributed by atoms with Crippen molar-refractivity contribution in [3.8, 4) is 11.5 Å². The van der Waals surface area contributed by atoms with Gasteiger partial charge in [-0.1, -0.05) is 36.8 Å². The van der Waals surface area contributed by atoms with Crippen LogP contribution >= 0.6 is 11.3 Å². The molecule has 1 amide bonds. The zero-order valence-corrected chi connectivity index (χ0v) is 17.0. The second-order valence-electron chi connectivity index (χ2n) is 6.23. The van der Waals surface area contributed by atoms with E-state index in [1.165, 1.54) is 11.3 Å². The van der Waals surface area contributed by atoms with E-state index < -0.39 is 0 Å². The molecule has 5 nitrogen and oxygen atoms in total. The van der Waals surface area contributed by atoms with Crippen LogP contribution < -0.4 is 14.3 Å². The molecule has 0 aliphatic heterocycles. The Hall–Kier alpha value is -2.86. The maximum absolute atomic E-state index is 12.7. The van der Waals surface area contributed by atoms with E-state index in [2.05, 4.69) is 18.5 Å². The third-order valence-corrected chi connectivity index (χ3v) is 5.30. The molecule has 2 aromatic carbocycles. The maximum atomic E-state index is 12.7. The molecule has 0 unspecified atom stereocenters. The quantitative estimate of drug-likeness (QED) is 0.405. The second kappa shape index (κ2) is 9.37. The Kier molecular flexibility index (Phi) is 6.66. The first-order valence-electron chi connectivity index (χ1n) is 9.27. The van der Waals surface area contributed by atoms with Gasteiger partial charge >= 0.3 is 0 Å². The number of thiazole rings is 1. The first-order chi connectivity index (χ1) is 13.7. The summed E-state index contributed by atoms with van der Waals surface area (Å²) in [6, 6.07) is 12.9. The monoisotopic (exact) mass is 396 g/mol. The Labute approximate surface area is 168 Å². The Morgan fingerprint density at radius 3 is 2.71 bits per heavy atom. The average molecular weight is 397 g/mol. The van der Waals surface area contributed by atoms with Gasteiger partial charge in [0.25, 0.3) is 5.91 Å². The minimum absolute atomic E-state index is 0.288. The number of nitrogens with zero attached hydrogens (tertiary/aromatic N) is 2. The topological polar surface area (TPSA) is 52.8 Å². The molecule has 146 valence electrons. The minimum Gasteiger partial charge on any atom is -0.495 e. The van der Waals surface area contributed by atoms with Crippen LogP contribution in [0.25, 0.3) is 10.2 Å². The van der Waals surface area contributed by atoms with Crippen molar-refractivity contribution in [2.24, 2.45) is 4.99 Å². The Morgan fingerprint density at radius 2 is 2.04 bits per heavy atom. The van der Waals surface area contributed by atoms with E-state index in [-0.39, 0.29) is 5.91 Å². The second-order valence-corrected chi connectivity index (χ2v) is 7.24. The number of hydrogen-bond acceptors (Lipinski definition) is 4. The van der Waals surface area contributed by atoms with Crippen molar-refractivity contribution in [1.29, 1.82) is 0 Å². The first-order valence-corrected chi connectivity index (χ1v) is 10.1. The molecule has 0 bridgehead atoms. The summed E-state index contributed by atoms with van der Waals surface area (Å²) in [5.74, 6) is 1.22. The number of para-hydroxylation sites is 1. The van der Waals surface area contributed by atoms with Crippen molar-refractivity contribution < 1.29 is 14.3 Å². The number of carbonyl (C=O) groups is 1. The average Bonchev–Trinajstić information content (AvgIpc) is 3.06. The van der Waals surface area contributed by atoms with Crippen molar-refractivity contribution in [3.05, 3.63) is 65.5 Å². The molecule has 0 aliphatic carbocycles. The van der Waals surface area contributed by atoms with Gasteiger partial charge in [0.05, 0.1) is 18.4 Å². The van der Waals surface area contributed by atoms with Crippen LogP contribution in [0.15, 0.2) is 60.1 Å². The summed E-state index contributed by atoms with van der Waals surface area (Å²) in [6.45, 7) is 7.16. The van der Waals surface area contributed by atoms with Gasteiger partial charge in [-0.15, -0.1) is 6.58 Å². The summed E-state index contributed by atoms with van der Waals surface area (Å²) < 4.78 is 14.1. The number of ether oxygens (including phenoxy) is 2. The van der Waals surface area contributed by atoms with E-state index >= 15 is 0 Å². The number of amides is 1. The molecule has 0 aliphatic rings. The fraction of sp³-hybridized carbons (Fsp3) is 0.273. The third kappa shape index (κ3) is 4.34. The van der Waals surface area contributed by atoms with Gasteiger partial charge in [-0.05, 0) is 42.8 Å². The van der Waals surface area contributed by atoms with E-state index in [4.69, 9.17) is 9.47 Å². The number of unbranched alkanes of at least 4 members (excludes halogenated alkanes) is 1. The number of fused-ring (bicyclic) bond motifs is 1. The SMILES string of the molecule is C=CCn1c(=NC(=O)c2ccc(OCCCC)cc2)sc2cccc(OC)c21.